The van der Waals surface area contributed by atoms with Crippen molar-refractivity contribution in [3.8, 4) is 0 Å². The van der Waals surface area contributed by atoms with E-state index in [1.807, 2.05) is 0 Å². The van der Waals surface area contributed by atoms with Gasteiger partial charge in [0.2, 0.25) is 0 Å². The van der Waals surface area contributed by atoms with Crippen molar-refractivity contribution in [2.75, 3.05) is 39.3 Å². The molecule has 0 radical (unpaired) electrons. The monoisotopic (exact) mass is 224 g/mol. The van der Waals surface area contributed by atoms with Gasteiger partial charge < -0.3 is 14.6 Å². The van der Waals surface area contributed by atoms with E-state index in [1.54, 1.807) is 0 Å². The van der Waals surface area contributed by atoms with E-state index in [4.69, 9.17) is 0 Å². The van der Waals surface area contributed by atoms with Crippen LogP contribution in [0, 0.1) is 5.92 Å². The van der Waals surface area contributed by atoms with Gasteiger partial charge in [-0.05, 0) is 51.9 Å². The SMILES string of the molecule is O=CC1CCN(CCN2CCCCC2)CC1. The van der Waals surface area contributed by atoms with Crippen LogP contribution in [0.15, 0.2) is 0 Å². The maximum Gasteiger partial charge on any atom is 0.123 e. The van der Waals surface area contributed by atoms with Crippen molar-refractivity contribution in [3.63, 3.8) is 0 Å². The highest BCUT2D eigenvalue weighted by atomic mass is 16.1. The van der Waals surface area contributed by atoms with E-state index in [1.165, 1.54) is 45.4 Å². The molecule has 0 atom stereocenters. The van der Waals surface area contributed by atoms with E-state index in [9.17, 15) is 4.79 Å². The summed E-state index contributed by atoms with van der Waals surface area (Å²) in [6, 6.07) is 0. The minimum absolute atomic E-state index is 0.339. The Morgan fingerprint density at radius 1 is 0.875 bits per heavy atom. The van der Waals surface area contributed by atoms with Crippen LogP contribution in [-0.2, 0) is 4.79 Å². The zero-order chi connectivity index (χ0) is 11.2. The maximum atomic E-state index is 10.6. The molecule has 3 heteroatoms. The molecular formula is C13H24N2O. The summed E-state index contributed by atoms with van der Waals surface area (Å²) in [7, 11) is 0. The Kier molecular flexibility index (Phi) is 4.79. The average Bonchev–Trinajstić information content (AvgIpc) is 2.38. The maximum absolute atomic E-state index is 10.6. The zero-order valence-corrected chi connectivity index (χ0v) is 10.2. The lowest BCUT2D eigenvalue weighted by atomic mass is 9.99. The number of likely N-dealkylation sites (tertiary alicyclic amines) is 2. The summed E-state index contributed by atoms with van der Waals surface area (Å²) in [5, 5.41) is 0. The van der Waals surface area contributed by atoms with E-state index in [2.05, 4.69) is 9.80 Å². The van der Waals surface area contributed by atoms with E-state index in [0.717, 1.165) is 32.2 Å². The molecule has 0 unspecified atom stereocenters. The molecular weight excluding hydrogens is 200 g/mol. The number of hydrogen-bond acceptors (Lipinski definition) is 3. The van der Waals surface area contributed by atoms with Gasteiger partial charge in [-0.15, -0.1) is 0 Å². The molecule has 0 saturated carbocycles. The van der Waals surface area contributed by atoms with Crippen molar-refractivity contribution in [1.82, 2.24) is 9.80 Å². The molecule has 0 aromatic rings. The lowest BCUT2D eigenvalue weighted by Gasteiger charge is -2.33. The van der Waals surface area contributed by atoms with E-state index < -0.39 is 0 Å². The van der Waals surface area contributed by atoms with Crippen molar-refractivity contribution in [2.45, 2.75) is 32.1 Å². The third-order valence-electron chi connectivity index (χ3n) is 4.01. The summed E-state index contributed by atoms with van der Waals surface area (Å²) in [6.07, 6.45) is 7.47. The molecule has 2 heterocycles. The van der Waals surface area contributed by atoms with Crippen LogP contribution in [0.1, 0.15) is 32.1 Å². The highest BCUT2D eigenvalue weighted by molar-refractivity contribution is 5.53. The van der Waals surface area contributed by atoms with Crippen LogP contribution in [0.5, 0.6) is 0 Å². The predicted octanol–water partition coefficient (Wildman–Crippen LogP) is 1.38. The molecule has 0 bridgehead atoms. The molecule has 0 amide bonds. The van der Waals surface area contributed by atoms with Crippen molar-refractivity contribution in [1.29, 1.82) is 0 Å². The molecule has 2 fully saturated rings. The van der Waals surface area contributed by atoms with Crippen LogP contribution in [-0.4, -0.2) is 55.4 Å². The summed E-state index contributed by atoms with van der Waals surface area (Å²) < 4.78 is 0. The summed E-state index contributed by atoms with van der Waals surface area (Å²) >= 11 is 0. The van der Waals surface area contributed by atoms with Crippen LogP contribution >= 0.6 is 0 Å². The largest absolute Gasteiger partial charge is 0.303 e. The number of carbonyl (C=O) groups excluding carboxylic acids is 1. The molecule has 0 N–H and O–H groups in total. The standard InChI is InChI=1S/C13H24N2O/c16-12-13-4-8-15(9-5-13)11-10-14-6-2-1-3-7-14/h12-13H,1-11H2. The molecule has 0 spiro atoms. The Labute approximate surface area is 98.8 Å². The minimum Gasteiger partial charge on any atom is -0.303 e. The van der Waals surface area contributed by atoms with Crippen LogP contribution in [0.2, 0.25) is 0 Å². The van der Waals surface area contributed by atoms with Gasteiger partial charge in [0.15, 0.2) is 0 Å². The topological polar surface area (TPSA) is 23.6 Å². The van der Waals surface area contributed by atoms with Gasteiger partial charge in [-0.25, -0.2) is 0 Å². The minimum atomic E-state index is 0.339. The molecule has 0 aromatic heterocycles. The third kappa shape index (κ3) is 3.56. The van der Waals surface area contributed by atoms with Crippen LogP contribution in [0.4, 0.5) is 0 Å². The first-order chi connectivity index (χ1) is 7.88. The Balaban J connectivity index is 1.61. The van der Waals surface area contributed by atoms with Gasteiger partial charge >= 0.3 is 0 Å². The van der Waals surface area contributed by atoms with Gasteiger partial charge in [-0.1, -0.05) is 6.42 Å². The van der Waals surface area contributed by atoms with Gasteiger partial charge in [-0.3, -0.25) is 0 Å². The molecule has 3 nitrogen and oxygen atoms in total. The average molecular weight is 224 g/mol. The molecule has 0 aromatic carbocycles. The number of aldehydes is 1. The number of rotatable bonds is 4. The number of nitrogens with zero attached hydrogens (tertiary/aromatic N) is 2. The second-order valence-electron chi connectivity index (χ2n) is 5.22. The molecule has 2 rings (SSSR count). The highest BCUT2D eigenvalue weighted by Crippen LogP contribution is 2.15. The highest BCUT2D eigenvalue weighted by Gasteiger charge is 2.19. The van der Waals surface area contributed by atoms with Crippen LogP contribution in [0.25, 0.3) is 0 Å². The normalized spacial score (nSPS) is 25.8. The number of piperidine rings is 2. The number of hydrogen-bond donors (Lipinski definition) is 0. The van der Waals surface area contributed by atoms with Crippen molar-refractivity contribution in [3.05, 3.63) is 0 Å². The van der Waals surface area contributed by atoms with Gasteiger partial charge in [0.25, 0.3) is 0 Å². The summed E-state index contributed by atoms with van der Waals surface area (Å²) in [6.45, 7) is 7.27. The van der Waals surface area contributed by atoms with E-state index in [-0.39, 0.29) is 0 Å². The Hall–Kier alpha value is -0.410. The smallest absolute Gasteiger partial charge is 0.123 e. The first-order valence-corrected chi connectivity index (χ1v) is 6.78. The third-order valence-corrected chi connectivity index (χ3v) is 4.01. The van der Waals surface area contributed by atoms with Gasteiger partial charge in [0.05, 0.1) is 0 Å². The van der Waals surface area contributed by atoms with Crippen molar-refractivity contribution < 1.29 is 4.79 Å². The Morgan fingerprint density at radius 2 is 1.44 bits per heavy atom. The lowest BCUT2D eigenvalue weighted by molar-refractivity contribution is -0.112. The van der Waals surface area contributed by atoms with Crippen molar-refractivity contribution in [2.24, 2.45) is 5.92 Å². The predicted molar refractivity (Wildman–Crippen MR) is 65.5 cm³/mol. The van der Waals surface area contributed by atoms with E-state index in [0.29, 0.717) is 5.92 Å². The summed E-state index contributed by atoms with van der Waals surface area (Å²) in [5.74, 6) is 0.339. The van der Waals surface area contributed by atoms with Crippen LogP contribution < -0.4 is 0 Å². The first kappa shape index (κ1) is 12.1. The fourth-order valence-electron chi connectivity index (χ4n) is 2.78. The number of carbonyl (C=O) groups is 1. The summed E-state index contributed by atoms with van der Waals surface area (Å²) in [5.41, 5.74) is 0. The zero-order valence-electron chi connectivity index (χ0n) is 10.2. The molecule has 16 heavy (non-hydrogen) atoms. The fraction of sp³-hybridized carbons (Fsp3) is 0.923. The second-order valence-corrected chi connectivity index (χ2v) is 5.22. The van der Waals surface area contributed by atoms with Crippen LogP contribution in [0.3, 0.4) is 0 Å². The second kappa shape index (κ2) is 6.36. The Bertz CT molecular complexity index is 206. The summed E-state index contributed by atoms with van der Waals surface area (Å²) in [4.78, 5) is 15.8. The molecule has 0 aliphatic carbocycles. The quantitative estimate of drug-likeness (QED) is 0.674. The van der Waals surface area contributed by atoms with Gasteiger partial charge in [-0.2, -0.15) is 0 Å². The van der Waals surface area contributed by atoms with E-state index >= 15 is 0 Å². The molecule has 2 saturated heterocycles. The first-order valence-electron chi connectivity index (χ1n) is 6.78. The fourth-order valence-corrected chi connectivity index (χ4v) is 2.78. The Morgan fingerprint density at radius 3 is 2.00 bits per heavy atom. The molecule has 92 valence electrons. The van der Waals surface area contributed by atoms with Gasteiger partial charge in [0.1, 0.15) is 6.29 Å². The lowest BCUT2D eigenvalue weighted by Crippen LogP contribution is -2.41. The molecule has 2 aliphatic rings. The van der Waals surface area contributed by atoms with Gasteiger partial charge in [0, 0.05) is 19.0 Å². The molecule has 2 aliphatic heterocycles. The van der Waals surface area contributed by atoms with Crippen molar-refractivity contribution >= 4 is 6.29 Å².